The van der Waals surface area contributed by atoms with Gasteiger partial charge in [-0.25, -0.2) is 4.39 Å². The molecule has 0 bridgehead atoms. The number of halogens is 5. The Morgan fingerprint density at radius 1 is 1.11 bits per heavy atom. The van der Waals surface area contributed by atoms with E-state index in [0.29, 0.717) is 4.88 Å². The molecule has 0 fully saturated rings. The summed E-state index contributed by atoms with van der Waals surface area (Å²) in [6.07, 6.45) is -4.62. The van der Waals surface area contributed by atoms with Crippen LogP contribution >= 0.6 is 23.7 Å². The average Bonchev–Trinajstić information content (AvgIpc) is 2.80. The molecule has 1 aromatic carbocycles. The average molecular weight is 312 g/mol. The quantitative estimate of drug-likeness (QED) is 0.819. The summed E-state index contributed by atoms with van der Waals surface area (Å²) in [5.74, 6) is -0.939. The maximum Gasteiger partial charge on any atom is 0.416 e. The van der Waals surface area contributed by atoms with Crippen molar-refractivity contribution in [2.24, 2.45) is 5.73 Å². The predicted octanol–water partition coefficient (Wildman–Crippen LogP) is 4.38. The van der Waals surface area contributed by atoms with Crippen molar-refractivity contribution in [3.63, 3.8) is 0 Å². The molecule has 0 spiro atoms. The Hall–Kier alpha value is -1.11. The lowest BCUT2D eigenvalue weighted by atomic mass is 9.98. The Morgan fingerprint density at radius 2 is 1.79 bits per heavy atom. The van der Waals surface area contributed by atoms with Gasteiger partial charge in [-0.3, -0.25) is 0 Å². The van der Waals surface area contributed by atoms with Gasteiger partial charge in [0, 0.05) is 10.4 Å². The van der Waals surface area contributed by atoms with Crippen LogP contribution in [0.4, 0.5) is 17.6 Å². The zero-order valence-corrected chi connectivity index (χ0v) is 11.1. The first-order valence-electron chi connectivity index (χ1n) is 5.06. The van der Waals surface area contributed by atoms with E-state index < -0.39 is 29.2 Å². The van der Waals surface area contributed by atoms with Crippen LogP contribution in [-0.2, 0) is 6.18 Å². The van der Waals surface area contributed by atoms with Crippen LogP contribution in [0.25, 0.3) is 0 Å². The largest absolute Gasteiger partial charge is 0.416 e. The summed E-state index contributed by atoms with van der Waals surface area (Å²) in [6.45, 7) is 0. The summed E-state index contributed by atoms with van der Waals surface area (Å²) in [5.41, 5.74) is 4.20. The van der Waals surface area contributed by atoms with E-state index in [1.54, 1.807) is 17.5 Å². The molecule has 0 saturated carbocycles. The Kier molecular flexibility index (Phi) is 4.95. The Balaban J connectivity index is 0.00000180. The molecular weight excluding hydrogens is 302 g/mol. The van der Waals surface area contributed by atoms with Gasteiger partial charge in [0.15, 0.2) is 0 Å². The highest BCUT2D eigenvalue weighted by Crippen LogP contribution is 2.37. The van der Waals surface area contributed by atoms with E-state index in [-0.39, 0.29) is 12.4 Å². The minimum Gasteiger partial charge on any atom is -0.320 e. The minimum absolute atomic E-state index is 0. The molecule has 0 aliphatic rings. The number of hydrogen-bond acceptors (Lipinski definition) is 2. The van der Waals surface area contributed by atoms with Crippen LogP contribution in [0.5, 0.6) is 0 Å². The highest BCUT2D eigenvalue weighted by atomic mass is 35.5. The third kappa shape index (κ3) is 3.26. The van der Waals surface area contributed by atoms with Gasteiger partial charge in [-0.1, -0.05) is 12.1 Å². The van der Waals surface area contributed by atoms with Gasteiger partial charge in [-0.2, -0.15) is 13.2 Å². The van der Waals surface area contributed by atoms with Crippen molar-refractivity contribution in [1.29, 1.82) is 0 Å². The van der Waals surface area contributed by atoms with Crippen molar-refractivity contribution in [3.05, 3.63) is 57.5 Å². The zero-order chi connectivity index (χ0) is 13.3. The molecule has 0 saturated heterocycles. The van der Waals surface area contributed by atoms with Crippen molar-refractivity contribution >= 4 is 23.7 Å². The van der Waals surface area contributed by atoms with E-state index in [2.05, 4.69) is 0 Å². The normalized spacial score (nSPS) is 12.9. The lowest BCUT2D eigenvalue weighted by Crippen LogP contribution is -2.19. The van der Waals surface area contributed by atoms with Crippen molar-refractivity contribution in [2.75, 3.05) is 0 Å². The number of hydrogen-bond donors (Lipinski definition) is 1. The maximum atomic E-state index is 13.6. The van der Waals surface area contributed by atoms with Crippen LogP contribution in [0.2, 0.25) is 0 Å². The number of alkyl halides is 3. The molecule has 0 unspecified atom stereocenters. The first-order valence-corrected chi connectivity index (χ1v) is 5.94. The zero-order valence-electron chi connectivity index (χ0n) is 9.45. The third-order valence-corrected chi connectivity index (χ3v) is 3.47. The highest BCUT2D eigenvalue weighted by molar-refractivity contribution is 7.10. The number of nitrogens with two attached hydrogens (primary N) is 1. The molecule has 2 rings (SSSR count). The van der Waals surface area contributed by atoms with Gasteiger partial charge in [0.1, 0.15) is 5.82 Å². The molecule has 1 nitrogen and oxygen atoms in total. The minimum atomic E-state index is -4.62. The standard InChI is InChI=1S/C12H9F4NS.ClH/c13-8-4-1-3-7(12(14,15)16)10(8)11(17)9-5-2-6-18-9;/h1-6,11H,17H2;1H/t11-;/m1./s1. The topological polar surface area (TPSA) is 26.0 Å². The van der Waals surface area contributed by atoms with Crippen molar-refractivity contribution in [1.82, 2.24) is 0 Å². The van der Waals surface area contributed by atoms with E-state index in [0.717, 1.165) is 18.2 Å². The van der Waals surface area contributed by atoms with Gasteiger partial charge >= 0.3 is 6.18 Å². The summed E-state index contributed by atoms with van der Waals surface area (Å²) >= 11 is 1.19. The summed E-state index contributed by atoms with van der Waals surface area (Å²) in [7, 11) is 0. The fraction of sp³-hybridized carbons (Fsp3) is 0.167. The van der Waals surface area contributed by atoms with Gasteiger partial charge < -0.3 is 5.73 Å². The van der Waals surface area contributed by atoms with E-state index in [1.165, 1.54) is 11.3 Å². The monoisotopic (exact) mass is 311 g/mol. The summed E-state index contributed by atoms with van der Waals surface area (Å²) < 4.78 is 52.1. The second kappa shape index (κ2) is 5.90. The molecule has 0 aliphatic carbocycles. The molecule has 1 heterocycles. The Bertz CT molecular complexity index is 539. The van der Waals surface area contributed by atoms with E-state index in [1.807, 2.05) is 0 Å². The molecule has 2 aromatic rings. The summed E-state index contributed by atoms with van der Waals surface area (Å²) in [4.78, 5) is 0.491. The van der Waals surface area contributed by atoms with Gasteiger partial charge in [0.05, 0.1) is 11.6 Å². The first kappa shape index (κ1) is 15.9. The predicted molar refractivity (Wildman–Crippen MR) is 69.0 cm³/mol. The second-order valence-corrected chi connectivity index (χ2v) is 4.67. The van der Waals surface area contributed by atoms with Gasteiger partial charge in [0.25, 0.3) is 0 Å². The molecule has 0 radical (unpaired) electrons. The molecule has 0 amide bonds. The molecule has 104 valence electrons. The van der Waals surface area contributed by atoms with Gasteiger partial charge in [-0.15, -0.1) is 23.7 Å². The number of rotatable bonds is 2. The van der Waals surface area contributed by atoms with Crippen LogP contribution in [0.15, 0.2) is 35.7 Å². The molecule has 2 N–H and O–H groups in total. The van der Waals surface area contributed by atoms with Crippen LogP contribution < -0.4 is 5.73 Å². The van der Waals surface area contributed by atoms with Crippen LogP contribution in [0.1, 0.15) is 22.0 Å². The fourth-order valence-electron chi connectivity index (χ4n) is 1.71. The summed E-state index contributed by atoms with van der Waals surface area (Å²) in [5, 5.41) is 1.68. The first-order chi connectivity index (χ1) is 8.41. The number of thiophene rings is 1. The maximum absolute atomic E-state index is 13.6. The van der Waals surface area contributed by atoms with Crippen LogP contribution in [0.3, 0.4) is 0 Å². The van der Waals surface area contributed by atoms with Crippen molar-refractivity contribution < 1.29 is 17.6 Å². The lowest BCUT2D eigenvalue weighted by molar-refractivity contribution is -0.138. The number of benzene rings is 1. The third-order valence-electron chi connectivity index (χ3n) is 2.52. The van der Waals surface area contributed by atoms with E-state index >= 15 is 0 Å². The fourth-order valence-corrected chi connectivity index (χ4v) is 2.45. The summed E-state index contributed by atoms with van der Waals surface area (Å²) in [6, 6.07) is 4.99. The molecule has 0 aliphatic heterocycles. The van der Waals surface area contributed by atoms with Gasteiger partial charge in [-0.05, 0) is 23.6 Å². The Labute approximate surface area is 117 Å². The molecule has 1 aromatic heterocycles. The van der Waals surface area contributed by atoms with Crippen LogP contribution in [0, 0.1) is 5.82 Å². The van der Waals surface area contributed by atoms with E-state index in [4.69, 9.17) is 5.73 Å². The van der Waals surface area contributed by atoms with Crippen molar-refractivity contribution in [3.8, 4) is 0 Å². The van der Waals surface area contributed by atoms with E-state index in [9.17, 15) is 17.6 Å². The molecular formula is C12H10ClF4NS. The lowest BCUT2D eigenvalue weighted by Gasteiger charge is -2.18. The smallest absolute Gasteiger partial charge is 0.320 e. The van der Waals surface area contributed by atoms with Crippen LogP contribution in [-0.4, -0.2) is 0 Å². The molecule has 19 heavy (non-hydrogen) atoms. The van der Waals surface area contributed by atoms with Gasteiger partial charge in [0.2, 0.25) is 0 Å². The van der Waals surface area contributed by atoms with Crippen molar-refractivity contribution in [2.45, 2.75) is 12.2 Å². The second-order valence-electron chi connectivity index (χ2n) is 3.69. The molecule has 1 atom stereocenters. The highest BCUT2D eigenvalue weighted by Gasteiger charge is 2.36. The molecule has 7 heteroatoms. The SMILES string of the molecule is Cl.N[C@H](c1cccs1)c1c(F)cccc1C(F)(F)F. The Morgan fingerprint density at radius 3 is 2.32 bits per heavy atom.